The van der Waals surface area contributed by atoms with Gasteiger partial charge in [0.1, 0.15) is 11.5 Å². The van der Waals surface area contributed by atoms with E-state index >= 15 is 0 Å². The molecule has 3 N–H and O–H groups in total. The van der Waals surface area contributed by atoms with Crippen LogP contribution in [0.5, 0.6) is 0 Å². The van der Waals surface area contributed by atoms with Gasteiger partial charge in [-0.05, 0) is 25.0 Å². The van der Waals surface area contributed by atoms with E-state index < -0.39 is 5.97 Å². The van der Waals surface area contributed by atoms with Crippen LogP contribution in [0.2, 0.25) is 0 Å². The highest BCUT2D eigenvalue weighted by molar-refractivity contribution is 5.87. The number of carboxylic acids is 1. The van der Waals surface area contributed by atoms with Crippen molar-refractivity contribution in [3.63, 3.8) is 0 Å². The van der Waals surface area contributed by atoms with Crippen molar-refractivity contribution in [2.75, 3.05) is 5.73 Å². The number of aromatic carboxylic acids is 1. The van der Waals surface area contributed by atoms with Crippen LogP contribution in [0.4, 0.5) is 5.82 Å². The van der Waals surface area contributed by atoms with Crippen LogP contribution >= 0.6 is 0 Å². The van der Waals surface area contributed by atoms with Crippen molar-refractivity contribution in [3.8, 4) is 0 Å². The first-order chi connectivity index (χ1) is 9.16. The summed E-state index contributed by atoms with van der Waals surface area (Å²) >= 11 is 0. The van der Waals surface area contributed by atoms with Gasteiger partial charge in [0.25, 0.3) is 0 Å². The van der Waals surface area contributed by atoms with Crippen LogP contribution in [0, 0.1) is 0 Å². The van der Waals surface area contributed by atoms with E-state index in [4.69, 9.17) is 10.8 Å². The van der Waals surface area contributed by atoms with Gasteiger partial charge in [-0.15, -0.1) is 0 Å². The van der Waals surface area contributed by atoms with Gasteiger partial charge in [-0.1, -0.05) is 19.3 Å². The highest BCUT2D eigenvalue weighted by Gasteiger charge is 2.22. The first kappa shape index (κ1) is 12.0. The first-order valence-electron chi connectivity index (χ1n) is 6.67. The molecule has 1 aliphatic rings. The number of pyridine rings is 1. The van der Waals surface area contributed by atoms with Crippen molar-refractivity contribution in [2.45, 2.75) is 38.0 Å². The molecule has 0 atom stereocenters. The largest absolute Gasteiger partial charge is 0.478 e. The Bertz CT molecular complexity index is 627. The Morgan fingerprint density at radius 2 is 2.05 bits per heavy atom. The molecule has 0 radical (unpaired) electrons. The van der Waals surface area contributed by atoms with Crippen LogP contribution in [-0.2, 0) is 0 Å². The van der Waals surface area contributed by atoms with Gasteiger partial charge in [-0.25, -0.2) is 9.78 Å². The quantitative estimate of drug-likeness (QED) is 0.868. The average molecular weight is 259 g/mol. The van der Waals surface area contributed by atoms with Gasteiger partial charge in [-0.3, -0.25) is 4.40 Å². The lowest BCUT2D eigenvalue weighted by Crippen LogP contribution is -2.07. The number of carboxylic acid groups (broad SMARTS) is 1. The molecule has 19 heavy (non-hydrogen) atoms. The summed E-state index contributed by atoms with van der Waals surface area (Å²) in [5.74, 6) is 0.0566. The molecule has 100 valence electrons. The van der Waals surface area contributed by atoms with E-state index in [0.29, 0.717) is 11.7 Å². The fourth-order valence-corrected chi connectivity index (χ4v) is 2.88. The zero-order valence-electron chi connectivity index (χ0n) is 10.7. The molecule has 1 saturated carbocycles. The van der Waals surface area contributed by atoms with Crippen molar-refractivity contribution in [3.05, 3.63) is 29.6 Å². The van der Waals surface area contributed by atoms with Crippen LogP contribution < -0.4 is 5.73 Å². The van der Waals surface area contributed by atoms with E-state index in [1.165, 1.54) is 19.3 Å². The third kappa shape index (κ3) is 2.05. The fraction of sp³-hybridized carbons (Fsp3) is 0.429. The Labute approximate surface area is 111 Å². The van der Waals surface area contributed by atoms with Gasteiger partial charge in [0.15, 0.2) is 0 Å². The molecular weight excluding hydrogens is 242 g/mol. The molecular formula is C14H17N3O2. The van der Waals surface area contributed by atoms with Crippen molar-refractivity contribution in [2.24, 2.45) is 0 Å². The number of anilines is 1. The second kappa shape index (κ2) is 4.57. The summed E-state index contributed by atoms with van der Waals surface area (Å²) in [6.07, 6.45) is 7.52. The molecule has 1 fully saturated rings. The van der Waals surface area contributed by atoms with Crippen molar-refractivity contribution < 1.29 is 9.90 Å². The first-order valence-corrected chi connectivity index (χ1v) is 6.67. The van der Waals surface area contributed by atoms with Gasteiger partial charge in [0.05, 0.1) is 11.3 Å². The second-order valence-corrected chi connectivity index (χ2v) is 5.17. The number of nitrogen functional groups attached to an aromatic ring is 1. The summed E-state index contributed by atoms with van der Waals surface area (Å²) in [5.41, 5.74) is 8.03. The van der Waals surface area contributed by atoms with Crippen molar-refractivity contribution in [1.29, 1.82) is 0 Å². The Balaban J connectivity index is 2.06. The number of imidazole rings is 1. The maximum absolute atomic E-state index is 11.0. The van der Waals surface area contributed by atoms with E-state index in [1.54, 1.807) is 22.7 Å². The molecule has 2 aromatic heterocycles. The monoisotopic (exact) mass is 259 g/mol. The van der Waals surface area contributed by atoms with Crippen LogP contribution in [0.1, 0.15) is 54.1 Å². The minimum absolute atomic E-state index is 0.229. The minimum atomic E-state index is -0.950. The molecule has 0 unspecified atom stereocenters. The molecule has 2 heterocycles. The standard InChI is InChI=1S/C14H17N3O2/c15-13-12(9-4-2-1-3-5-9)16-11-7-6-10(14(18)19)8-17(11)13/h6-9H,1-5,15H2,(H,18,19). The predicted octanol–water partition coefficient (Wildman–Crippen LogP) is 2.66. The zero-order valence-corrected chi connectivity index (χ0v) is 10.7. The number of carbonyl (C=O) groups is 1. The third-order valence-electron chi connectivity index (χ3n) is 3.92. The maximum Gasteiger partial charge on any atom is 0.337 e. The summed E-state index contributed by atoms with van der Waals surface area (Å²) in [5, 5.41) is 9.02. The van der Waals surface area contributed by atoms with Crippen LogP contribution in [0.15, 0.2) is 18.3 Å². The molecule has 1 aliphatic carbocycles. The van der Waals surface area contributed by atoms with Crippen LogP contribution in [0.3, 0.4) is 0 Å². The fourth-order valence-electron chi connectivity index (χ4n) is 2.88. The Morgan fingerprint density at radius 1 is 1.32 bits per heavy atom. The lowest BCUT2D eigenvalue weighted by atomic mass is 9.87. The highest BCUT2D eigenvalue weighted by atomic mass is 16.4. The molecule has 0 bridgehead atoms. The van der Waals surface area contributed by atoms with E-state index in [-0.39, 0.29) is 5.56 Å². The highest BCUT2D eigenvalue weighted by Crippen LogP contribution is 2.35. The molecule has 0 aliphatic heterocycles. The normalized spacial score (nSPS) is 16.8. The summed E-state index contributed by atoms with van der Waals surface area (Å²) in [6.45, 7) is 0. The number of fused-ring (bicyclic) bond motifs is 1. The molecule has 2 aromatic rings. The molecule has 0 saturated heterocycles. The molecule has 5 heteroatoms. The van der Waals surface area contributed by atoms with Gasteiger partial charge in [0, 0.05) is 12.1 Å². The van der Waals surface area contributed by atoms with Crippen LogP contribution in [-0.4, -0.2) is 20.5 Å². The maximum atomic E-state index is 11.0. The average Bonchev–Trinajstić information content (AvgIpc) is 2.77. The number of hydrogen-bond donors (Lipinski definition) is 2. The number of rotatable bonds is 2. The molecule has 3 rings (SSSR count). The number of nitrogens with two attached hydrogens (primary N) is 1. The van der Waals surface area contributed by atoms with Crippen molar-refractivity contribution >= 4 is 17.4 Å². The lowest BCUT2D eigenvalue weighted by Gasteiger charge is -2.20. The molecule has 0 spiro atoms. The van der Waals surface area contributed by atoms with Gasteiger partial charge in [-0.2, -0.15) is 0 Å². The van der Waals surface area contributed by atoms with E-state index in [1.807, 2.05) is 0 Å². The molecule has 0 aromatic carbocycles. The SMILES string of the molecule is Nc1c(C2CCCCC2)nc2ccc(C(=O)O)cn12. The van der Waals surface area contributed by atoms with E-state index in [0.717, 1.165) is 24.2 Å². The summed E-state index contributed by atoms with van der Waals surface area (Å²) in [7, 11) is 0. The summed E-state index contributed by atoms with van der Waals surface area (Å²) < 4.78 is 1.69. The number of aromatic nitrogens is 2. The lowest BCUT2D eigenvalue weighted by molar-refractivity contribution is 0.0696. The van der Waals surface area contributed by atoms with Gasteiger partial charge >= 0.3 is 5.97 Å². The second-order valence-electron chi connectivity index (χ2n) is 5.17. The topological polar surface area (TPSA) is 80.6 Å². The summed E-state index contributed by atoms with van der Waals surface area (Å²) in [6, 6.07) is 3.28. The van der Waals surface area contributed by atoms with E-state index in [9.17, 15) is 4.79 Å². The zero-order chi connectivity index (χ0) is 13.4. The van der Waals surface area contributed by atoms with E-state index in [2.05, 4.69) is 4.98 Å². The Morgan fingerprint density at radius 3 is 2.74 bits per heavy atom. The van der Waals surface area contributed by atoms with Crippen molar-refractivity contribution in [1.82, 2.24) is 9.38 Å². The molecule has 0 amide bonds. The summed E-state index contributed by atoms with van der Waals surface area (Å²) in [4.78, 5) is 15.6. The smallest absolute Gasteiger partial charge is 0.337 e. The van der Waals surface area contributed by atoms with Crippen LogP contribution in [0.25, 0.3) is 5.65 Å². The Kier molecular flexibility index (Phi) is 2.89. The minimum Gasteiger partial charge on any atom is -0.478 e. The molecule has 5 nitrogen and oxygen atoms in total. The van der Waals surface area contributed by atoms with Gasteiger partial charge in [0.2, 0.25) is 0 Å². The predicted molar refractivity (Wildman–Crippen MR) is 72.4 cm³/mol. The number of nitrogens with zero attached hydrogens (tertiary/aromatic N) is 2. The Hall–Kier alpha value is -2.04. The third-order valence-corrected chi connectivity index (χ3v) is 3.92. The number of hydrogen-bond acceptors (Lipinski definition) is 3. The van der Waals surface area contributed by atoms with Gasteiger partial charge < -0.3 is 10.8 Å².